The first-order chi connectivity index (χ1) is 11.6. The van der Waals surface area contributed by atoms with Gasteiger partial charge in [0.05, 0.1) is 5.56 Å². The van der Waals surface area contributed by atoms with Crippen LogP contribution in [0.3, 0.4) is 0 Å². The van der Waals surface area contributed by atoms with Gasteiger partial charge in [-0.15, -0.1) is 0 Å². The van der Waals surface area contributed by atoms with Crippen LogP contribution in [0.1, 0.15) is 80.8 Å². The lowest BCUT2D eigenvalue weighted by Gasteiger charge is -2.23. The lowest BCUT2D eigenvalue weighted by Crippen LogP contribution is -2.17. The van der Waals surface area contributed by atoms with Crippen LogP contribution in [-0.4, -0.2) is 16.7 Å². The van der Waals surface area contributed by atoms with E-state index in [-0.39, 0.29) is 28.8 Å². The van der Waals surface area contributed by atoms with Gasteiger partial charge in [-0.05, 0) is 80.5 Å². The van der Waals surface area contributed by atoms with Gasteiger partial charge in [0.25, 0.3) is 0 Å². The van der Waals surface area contributed by atoms with Crippen LogP contribution < -0.4 is 0 Å². The van der Waals surface area contributed by atoms with Gasteiger partial charge < -0.3 is 5.11 Å². The van der Waals surface area contributed by atoms with Gasteiger partial charge in [-0.2, -0.15) is 0 Å². The number of carbonyl (C=O) groups excluding carboxylic acids is 2. The van der Waals surface area contributed by atoms with Crippen molar-refractivity contribution >= 4 is 11.6 Å². The van der Waals surface area contributed by atoms with Crippen LogP contribution in [0.5, 0.6) is 5.75 Å². The number of aryl methyl sites for hydroxylation is 1. The van der Waals surface area contributed by atoms with Crippen molar-refractivity contribution in [3.05, 3.63) is 62.7 Å². The monoisotopic (exact) mass is 338 g/mol. The fraction of sp³-hybridized carbons (Fsp3) is 0.364. The molecule has 0 amide bonds. The molecule has 3 heteroatoms. The molecule has 1 N–H and O–H groups in total. The van der Waals surface area contributed by atoms with Crippen molar-refractivity contribution in [2.45, 2.75) is 54.4 Å². The van der Waals surface area contributed by atoms with Gasteiger partial charge in [-0.3, -0.25) is 9.59 Å². The molecule has 0 unspecified atom stereocenters. The van der Waals surface area contributed by atoms with Crippen molar-refractivity contribution in [1.29, 1.82) is 0 Å². The lowest BCUT2D eigenvalue weighted by atomic mass is 9.80. The van der Waals surface area contributed by atoms with Crippen molar-refractivity contribution < 1.29 is 14.7 Å². The molecule has 2 aromatic carbocycles. The van der Waals surface area contributed by atoms with E-state index in [1.54, 1.807) is 18.2 Å². The molecule has 0 aliphatic heterocycles. The van der Waals surface area contributed by atoms with Crippen LogP contribution in [0.25, 0.3) is 0 Å². The molecule has 0 fully saturated rings. The molecule has 0 atom stereocenters. The van der Waals surface area contributed by atoms with Crippen LogP contribution in [0.15, 0.2) is 18.2 Å². The van der Waals surface area contributed by atoms with Crippen molar-refractivity contribution in [3.8, 4) is 5.75 Å². The molecule has 132 valence electrons. The fourth-order valence-corrected chi connectivity index (χ4v) is 3.74. The normalized spacial score (nSPS) is 11.0. The van der Waals surface area contributed by atoms with E-state index in [0.29, 0.717) is 11.1 Å². The number of phenolic OH excluding ortho intramolecular Hbond substituents is 1. The SMILES string of the molecule is CC(=O)c1c(C)c(C)c(C(C)C)c(C)c1C(=O)c1ccc(C)cc1O. The number of hydrogen-bond acceptors (Lipinski definition) is 3. The number of carbonyl (C=O) groups is 2. The van der Waals surface area contributed by atoms with E-state index in [9.17, 15) is 14.7 Å². The van der Waals surface area contributed by atoms with E-state index in [4.69, 9.17) is 0 Å². The van der Waals surface area contributed by atoms with Crippen LogP contribution in [-0.2, 0) is 0 Å². The Kier molecular flexibility index (Phi) is 5.17. The lowest BCUT2D eigenvalue weighted by molar-refractivity contribution is 0.0988. The van der Waals surface area contributed by atoms with Gasteiger partial charge >= 0.3 is 0 Å². The molecule has 0 bridgehead atoms. The average molecular weight is 338 g/mol. The van der Waals surface area contributed by atoms with Crippen molar-refractivity contribution in [1.82, 2.24) is 0 Å². The molecule has 0 saturated carbocycles. The fourth-order valence-electron chi connectivity index (χ4n) is 3.74. The maximum atomic E-state index is 13.3. The molecular weight excluding hydrogens is 312 g/mol. The van der Waals surface area contributed by atoms with E-state index >= 15 is 0 Å². The second-order valence-corrected chi connectivity index (χ2v) is 7.10. The molecule has 2 aromatic rings. The molecule has 0 aliphatic rings. The number of Topliss-reactive ketones (excluding diaryl/α,β-unsaturated/α-hetero) is 1. The maximum absolute atomic E-state index is 13.3. The summed E-state index contributed by atoms with van der Waals surface area (Å²) in [5.41, 5.74) is 5.81. The zero-order valence-electron chi connectivity index (χ0n) is 16.1. The second-order valence-electron chi connectivity index (χ2n) is 7.10. The minimum absolute atomic E-state index is 0.0526. The highest BCUT2D eigenvalue weighted by Crippen LogP contribution is 2.34. The smallest absolute Gasteiger partial charge is 0.197 e. The highest BCUT2D eigenvalue weighted by Gasteiger charge is 2.27. The Morgan fingerprint density at radius 2 is 1.52 bits per heavy atom. The minimum Gasteiger partial charge on any atom is -0.507 e. The summed E-state index contributed by atoms with van der Waals surface area (Å²) in [6.07, 6.45) is 0. The van der Waals surface area contributed by atoms with Crippen molar-refractivity contribution in [2.75, 3.05) is 0 Å². The number of phenols is 1. The van der Waals surface area contributed by atoms with Crippen molar-refractivity contribution in [2.24, 2.45) is 0 Å². The summed E-state index contributed by atoms with van der Waals surface area (Å²) < 4.78 is 0. The van der Waals surface area contributed by atoms with E-state index in [1.807, 2.05) is 27.7 Å². The predicted octanol–water partition coefficient (Wildman–Crippen LogP) is 5.18. The summed E-state index contributed by atoms with van der Waals surface area (Å²) in [4.78, 5) is 25.6. The molecule has 0 radical (unpaired) electrons. The van der Waals surface area contributed by atoms with Gasteiger partial charge in [-0.1, -0.05) is 19.9 Å². The van der Waals surface area contributed by atoms with Gasteiger partial charge in [0.15, 0.2) is 11.6 Å². The maximum Gasteiger partial charge on any atom is 0.197 e. The molecule has 0 aromatic heterocycles. The van der Waals surface area contributed by atoms with Crippen molar-refractivity contribution in [3.63, 3.8) is 0 Å². The Hall–Kier alpha value is -2.42. The van der Waals surface area contributed by atoms with Crippen LogP contribution in [0.4, 0.5) is 0 Å². The predicted molar refractivity (Wildman–Crippen MR) is 101 cm³/mol. The number of aromatic hydroxyl groups is 1. The first kappa shape index (κ1) is 18.9. The van der Waals surface area contributed by atoms with Crippen LogP contribution >= 0.6 is 0 Å². The van der Waals surface area contributed by atoms with E-state index in [0.717, 1.165) is 27.8 Å². The summed E-state index contributed by atoms with van der Waals surface area (Å²) in [5.74, 6) is -0.250. The largest absolute Gasteiger partial charge is 0.507 e. The highest BCUT2D eigenvalue weighted by atomic mass is 16.3. The number of rotatable bonds is 4. The zero-order chi connectivity index (χ0) is 19.0. The Bertz CT molecular complexity index is 874. The van der Waals surface area contributed by atoms with E-state index in [2.05, 4.69) is 13.8 Å². The third-order valence-electron chi connectivity index (χ3n) is 4.92. The van der Waals surface area contributed by atoms with Gasteiger partial charge in [0.1, 0.15) is 5.75 Å². The van der Waals surface area contributed by atoms with E-state index in [1.165, 1.54) is 6.92 Å². The summed E-state index contributed by atoms with van der Waals surface area (Å²) >= 11 is 0. The number of benzene rings is 2. The topological polar surface area (TPSA) is 54.4 Å². The quantitative estimate of drug-likeness (QED) is 0.781. The first-order valence-corrected chi connectivity index (χ1v) is 8.56. The molecule has 2 rings (SSSR count). The van der Waals surface area contributed by atoms with Gasteiger partial charge in [0.2, 0.25) is 0 Å². The zero-order valence-corrected chi connectivity index (χ0v) is 16.1. The Balaban J connectivity index is 2.87. The molecule has 0 aliphatic carbocycles. The Morgan fingerprint density at radius 1 is 0.920 bits per heavy atom. The molecule has 0 heterocycles. The molecule has 0 saturated heterocycles. The second kappa shape index (κ2) is 6.83. The average Bonchev–Trinajstić information content (AvgIpc) is 2.49. The summed E-state index contributed by atoms with van der Waals surface area (Å²) in [6.45, 7) is 13.3. The Labute approximate surface area is 149 Å². The van der Waals surface area contributed by atoms with Crippen LogP contribution in [0.2, 0.25) is 0 Å². The first-order valence-electron chi connectivity index (χ1n) is 8.56. The number of ketones is 2. The summed E-state index contributed by atoms with van der Waals surface area (Å²) in [5, 5.41) is 10.2. The Morgan fingerprint density at radius 3 is 2.00 bits per heavy atom. The minimum atomic E-state index is -0.301. The molecule has 0 spiro atoms. The molecule has 25 heavy (non-hydrogen) atoms. The van der Waals surface area contributed by atoms with E-state index < -0.39 is 0 Å². The standard InChI is InChI=1S/C22H26O3/c1-11(2)19-13(4)14(5)20(16(7)23)21(15(19)6)22(25)17-9-8-12(3)10-18(17)24/h8-11,24H,1-7H3. The third-order valence-corrected chi connectivity index (χ3v) is 4.92. The molecular formula is C22H26O3. The number of hydrogen-bond donors (Lipinski definition) is 1. The molecule has 3 nitrogen and oxygen atoms in total. The highest BCUT2D eigenvalue weighted by molar-refractivity contribution is 6.18. The summed E-state index contributed by atoms with van der Waals surface area (Å²) in [7, 11) is 0. The van der Waals surface area contributed by atoms with Gasteiger partial charge in [0, 0.05) is 11.1 Å². The third kappa shape index (κ3) is 3.23. The summed E-state index contributed by atoms with van der Waals surface area (Å²) in [6, 6.07) is 4.99. The van der Waals surface area contributed by atoms with Gasteiger partial charge in [-0.25, -0.2) is 0 Å². The van der Waals surface area contributed by atoms with Crippen LogP contribution in [0, 0.1) is 27.7 Å².